The van der Waals surface area contributed by atoms with Gasteiger partial charge in [-0.3, -0.25) is 4.79 Å². The maximum Gasteiger partial charge on any atom is 0.504 e. The molecule has 1 N–H and O–H groups in total. The molecule has 0 bridgehead atoms. The molecule has 0 aromatic heterocycles. The van der Waals surface area contributed by atoms with Gasteiger partial charge in [-0.05, 0) is 17.7 Å². The maximum atomic E-state index is 11.0. The monoisotopic (exact) mass is 272 g/mol. The van der Waals surface area contributed by atoms with Crippen molar-refractivity contribution in [1.82, 2.24) is 0 Å². The average molecular weight is 273 g/mol. The van der Waals surface area contributed by atoms with Gasteiger partial charge in [-0.2, -0.15) is 0 Å². The van der Waals surface area contributed by atoms with E-state index in [9.17, 15) is 4.79 Å². The van der Waals surface area contributed by atoms with Crippen LogP contribution in [0.15, 0.2) is 22.7 Å². The Kier molecular flexibility index (Phi) is 4.64. The summed E-state index contributed by atoms with van der Waals surface area (Å²) < 4.78 is 10.2. The Balaban J connectivity index is 2.78. The summed E-state index contributed by atoms with van der Waals surface area (Å²) in [4.78, 5) is 11.0. The van der Waals surface area contributed by atoms with Crippen molar-refractivity contribution in [3.8, 4) is 5.75 Å². The molecule has 0 unspecified atom stereocenters. The molecule has 80 valence electrons. The zero-order valence-corrected chi connectivity index (χ0v) is 9.78. The molecule has 15 heavy (non-hydrogen) atoms. The van der Waals surface area contributed by atoms with Crippen molar-refractivity contribution in [2.24, 2.45) is 0 Å². The number of ether oxygens (including phenoxy) is 1. The zero-order chi connectivity index (χ0) is 11.3. The van der Waals surface area contributed by atoms with Crippen LogP contribution in [-0.4, -0.2) is 25.8 Å². The minimum absolute atomic E-state index is 0.205. The van der Waals surface area contributed by atoms with Gasteiger partial charge in [-0.1, -0.05) is 22.0 Å². The van der Waals surface area contributed by atoms with E-state index in [1.807, 2.05) is 0 Å². The quantitative estimate of drug-likeness (QED) is 0.651. The Morgan fingerprint density at radius 2 is 2.33 bits per heavy atom. The van der Waals surface area contributed by atoms with Gasteiger partial charge in [-0.25, -0.2) is 0 Å². The number of carbonyl (C=O) groups is 1. The van der Waals surface area contributed by atoms with Crippen LogP contribution in [0.2, 0.25) is 0 Å². The third-order valence-corrected chi connectivity index (χ3v) is 2.56. The molecule has 0 fully saturated rings. The van der Waals surface area contributed by atoms with E-state index in [2.05, 4.69) is 20.7 Å². The first-order chi connectivity index (χ1) is 7.17. The van der Waals surface area contributed by atoms with E-state index in [0.29, 0.717) is 5.75 Å². The van der Waals surface area contributed by atoms with E-state index < -0.39 is 0 Å². The number of esters is 1. The predicted octanol–water partition coefficient (Wildman–Crippen LogP) is 0.802. The number of rotatable bonds is 4. The lowest BCUT2D eigenvalue weighted by molar-refractivity contribution is -0.139. The summed E-state index contributed by atoms with van der Waals surface area (Å²) in [5.74, 6) is 0.240. The van der Waals surface area contributed by atoms with Crippen molar-refractivity contribution in [2.45, 2.75) is 6.42 Å². The summed E-state index contributed by atoms with van der Waals surface area (Å²) in [5, 5.41) is 8.55. The first kappa shape index (κ1) is 12.1. The highest BCUT2D eigenvalue weighted by atomic mass is 79.9. The van der Waals surface area contributed by atoms with E-state index in [1.54, 1.807) is 18.2 Å². The van der Waals surface area contributed by atoms with Crippen LogP contribution in [0.4, 0.5) is 0 Å². The van der Waals surface area contributed by atoms with Crippen LogP contribution in [0.3, 0.4) is 0 Å². The normalized spacial score (nSPS) is 9.53. The highest BCUT2D eigenvalue weighted by Crippen LogP contribution is 2.23. The van der Waals surface area contributed by atoms with Crippen LogP contribution in [0.5, 0.6) is 5.75 Å². The van der Waals surface area contributed by atoms with Gasteiger partial charge in [0.1, 0.15) is 5.75 Å². The maximum absolute atomic E-state index is 11.0. The lowest BCUT2D eigenvalue weighted by Crippen LogP contribution is -2.05. The highest BCUT2D eigenvalue weighted by Gasteiger charge is 2.07. The van der Waals surface area contributed by atoms with Gasteiger partial charge >= 0.3 is 13.7 Å². The van der Waals surface area contributed by atoms with E-state index in [1.165, 1.54) is 7.11 Å². The molecule has 0 aliphatic rings. The van der Waals surface area contributed by atoms with Gasteiger partial charge in [0, 0.05) is 4.47 Å². The van der Waals surface area contributed by atoms with Crippen molar-refractivity contribution < 1.29 is 19.2 Å². The van der Waals surface area contributed by atoms with Crippen LogP contribution < -0.4 is 4.65 Å². The van der Waals surface area contributed by atoms with Gasteiger partial charge in [0.15, 0.2) is 0 Å². The molecular weight excluding hydrogens is 263 g/mol. The lowest BCUT2D eigenvalue weighted by atomic mass is 10.1. The second kappa shape index (κ2) is 5.77. The lowest BCUT2D eigenvalue weighted by Gasteiger charge is -2.06. The molecule has 0 radical (unpaired) electrons. The molecule has 1 rings (SSSR count). The van der Waals surface area contributed by atoms with Gasteiger partial charge < -0.3 is 14.4 Å². The van der Waals surface area contributed by atoms with Crippen molar-refractivity contribution in [3.05, 3.63) is 28.2 Å². The molecular formula is C9H10BBrO4. The Morgan fingerprint density at radius 1 is 1.60 bits per heavy atom. The SMILES string of the molecule is COC(=O)Cc1ccc(OBO)cc1Br. The fourth-order valence-corrected chi connectivity index (χ4v) is 1.56. The van der Waals surface area contributed by atoms with E-state index in [0.717, 1.165) is 10.0 Å². The Bertz CT molecular complexity index is 356. The van der Waals surface area contributed by atoms with Crippen molar-refractivity contribution in [2.75, 3.05) is 7.11 Å². The smallest absolute Gasteiger partial charge is 0.504 e. The number of hydrogen-bond donors (Lipinski definition) is 1. The first-order valence-corrected chi connectivity index (χ1v) is 5.05. The molecule has 6 heteroatoms. The summed E-state index contributed by atoms with van der Waals surface area (Å²) in [6, 6.07) is 5.11. The minimum Gasteiger partial charge on any atom is -0.539 e. The highest BCUT2D eigenvalue weighted by molar-refractivity contribution is 9.10. The Morgan fingerprint density at radius 3 is 2.87 bits per heavy atom. The topological polar surface area (TPSA) is 55.8 Å². The molecule has 0 saturated carbocycles. The molecule has 0 spiro atoms. The van der Waals surface area contributed by atoms with Crippen LogP contribution in [0.25, 0.3) is 0 Å². The summed E-state index contributed by atoms with van der Waals surface area (Å²) in [6.07, 6.45) is 0.205. The summed E-state index contributed by atoms with van der Waals surface area (Å²) in [7, 11) is 0.974. The number of benzene rings is 1. The number of hydrogen-bond acceptors (Lipinski definition) is 4. The Hall–Kier alpha value is -1.01. The van der Waals surface area contributed by atoms with Crippen LogP contribution in [0.1, 0.15) is 5.56 Å². The second-order valence-corrected chi connectivity index (χ2v) is 3.63. The molecule has 0 atom stereocenters. The predicted molar refractivity (Wildman–Crippen MR) is 59.9 cm³/mol. The second-order valence-electron chi connectivity index (χ2n) is 2.78. The molecule has 0 aliphatic carbocycles. The molecule has 0 amide bonds. The zero-order valence-electron chi connectivity index (χ0n) is 8.20. The third kappa shape index (κ3) is 3.56. The molecule has 1 aromatic rings. The summed E-state index contributed by atoms with van der Waals surface area (Å²) in [5.41, 5.74) is 0.812. The van der Waals surface area contributed by atoms with Gasteiger partial charge in [-0.15, -0.1) is 0 Å². The summed E-state index contributed by atoms with van der Waals surface area (Å²) >= 11 is 3.31. The van der Waals surface area contributed by atoms with Gasteiger partial charge in [0.25, 0.3) is 0 Å². The largest absolute Gasteiger partial charge is 0.539 e. The van der Waals surface area contributed by atoms with Crippen molar-refractivity contribution >= 4 is 29.6 Å². The molecule has 1 aromatic carbocycles. The van der Waals surface area contributed by atoms with Crippen molar-refractivity contribution in [3.63, 3.8) is 0 Å². The standard InChI is InChI=1S/C9H10BBrO4/c1-14-9(12)4-6-2-3-7(15-10-13)5-8(6)11/h2-3,5,10,13H,4H2,1H3. The molecule has 0 saturated heterocycles. The van der Waals surface area contributed by atoms with Crippen LogP contribution in [-0.2, 0) is 16.0 Å². The number of carbonyl (C=O) groups excluding carboxylic acids is 1. The third-order valence-electron chi connectivity index (χ3n) is 1.82. The number of halogens is 1. The fraction of sp³-hybridized carbons (Fsp3) is 0.222. The summed E-state index contributed by atoms with van der Waals surface area (Å²) in [6.45, 7) is 0. The van der Waals surface area contributed by atoms with E-state index >= 15 is 0 Å². The molecule has 4 nitrogen and oxygen atoms in total. The van der Waals surface area contributed by atoms with Crippen molar-refractivity contribution in [1.29, 1.82) is 0 Å². The van der Waals surface area contributed by atoms with Crippen LogP contribution in [0, 0.1) is 0 Å². The van der Waals surface area contributed by atoms with Gasteiger partial charge in [0.2, 0.25) is 0 Å². The molecule has 0 heterocycles. The number of methoxy groups -OCH3 is 1. The first-order valence-electron chi connectivity index (χ1n) is 4.26. The Labute approximate surface area is 96.6 Å². The average Bonchev–Trinajstić information content (AvgIpc) is 2.22. The minimum atomic E-state index is -0.372. The molecule has 0 aliphatic heterocycles. The van der Waals surface area contributed by atoms with Crippen LogP contribution >= 0.6 is 15.9 Å². The van der Waals surface area contributed by atoms with Gasteiger partial charge in [0.05, 0.1) is 13.5 Å². The van der Waals surface area contributed by atoms with E-state index in [4.69, 9.17) is 9.68 Å². The van der Waals surface area contributed by atoms with E-state index in [-0.39, 0.29) is 20.1 Å². The fourth-order valence-electron chi connectivity index (χ4n) is 1.06.